The van der Waals surface area contributed by atoms with Crippen LogP contribution in [0.25, 0.3) is 0 Å². The SMILES string of the molecule is CC1C2CC(C#N)N(C(=O)CN)C12. The molecule has 4 nitrogen and oxygen atoms in total. The monoisotopic (exact) mass is 179 g/mol. The Morgan fingerprint density at radius 2 is 2.46 bits per heavy atom. The van der Waals surface area contributed by atoms with Crippen molar-refractivity contribution in [3.8, 4) is 6.07 Å². The zero-order valence-corrected chi connectivity index (χ0v) is 7.60. The Bertz CT molecular complexity index is 283. The first kappa shape index (κ1) is 8.52. The van der Waals surface area contributed by atoms with E-state index in [-0.39, 0.29) is 18.5 Å². The van der Waals surface area contributed by atoms with Crippen molar-refractivity contribution in [2.24, 2.45) is 17.6 Å². The summed E-state index contributed by atoms with van der Waals surface area (Å²) < 4.78 is 0. The van der Waals surface area contributed by atoms with Crippen molar-refractivity contribution in [3.05, 3.63) is 0 Å². The molecular weight excluding hydrogens is 166 g/mol. The average molecular weight is 179 g/mol. The number of carbonyl (C=O) groups excluding carboxylic acids is 1. The highest BCUT2D eigenvalue weighted by Gasteiger charge is 2.59. The van der Waals surface area contributed by atoms with Gasteiger partial charge >= 0.3 is 0 Å². The fraction of sp³-hybridized carbons (Fsp3) is 0.778. The molecule has 0 spiro atoms. The molecule has 4 unspecified atom stereocenters. The lowest BCUT2D eigenvalue weighted by Gasteiger charge is -2.22. The van der Waals surface area contributed by atoms with Crippen LogP contribution in [0.2, 0.25) is 0 Å². The zero-order chi connectivity index (χ0) is 9.59. The van der Waals surface area contributed by atoms with Gasteiger partial charge < -0.3 is 10.6 Å². The summed E-state index contributed by atoms with van der Waals surface area (Å²) in [6.45, 7) is 2.15. The van der Waals surface area contributed by atoms with E-state index in [2.05, 4.69) is 13.0 Å². The third-order valence-corrected chi connectivity index (χ3v) is 3.28. The van der Waals surface area contributed by atoms with Gasteiger partial charge in [0.1, 0.15) is 6.04 Å². The van der Waals surface area contributed by atoms with Gasteiger partial charge in [-0.05, 0) is 18.3 Å². The molecule has 13 heavy (non-hydrogen) atoms. The predicted octanol–water partition coefficient (Wildman–Crippen LogP) is -0.296. The standard InChI is InChI=1S/C9H13N3O/c1-5-7-2-6(3-10)12(9(5)7)8(13)4-11/h5-7,9H,2,4,11H2,1H3. The number of hydrogen-bond donors (Lipinski definition) is 1. The maximum absolute atomic E-state index is 11.4. The number of fused-ring (bicyclic) bond motifs is 1. The molecule has 1 amide bonds. The first-order valence-corrected chi connectivity index (χ1v) is 4.61. The summed E-state index contributed by atoms with van der Waals surface area (Å²) in [5.74, 6) is 1.05. The molecule has 0 radical (unpaired) electrons. The Hall–Kier alpha value is -1.08. The average Bonchev–Trinajstić information content (AvgIpc) is 2.65. The second-order valence-electron chi connectivity index (χ2n) is 3.90. The number of amides is 1. The molecule has 0 aromatic carbocycles. The van der Waals surface area contributed by atoms with E-state index in [4.69, 9.17) is 11.0 Å². The maximum Gasteiger partial charge on any atom is 0.237 e. The van der Waals surface area contributed by atoms with Gasteiger partial charge in [0, 0.05) is 6.04 Å². The van der Waals surface area contributed by atoms with Crippen LogP contribution in [0.1, 0.15) is 13.3 Å². The molecule has 1 aliphatic carbocycles. The number of rotatable bonds is 1. The van der Waals surface area contributed by atoms with Crippen molar-refractivity contribution in [1.29, 1.82) is 5.26 Å². The number of piperidine rings is 1. The third-order valence-electron chi connectivity index (χ3n) is 3.28. The van der Waals surface area contributed by atoms with Gasteiger partial charge in [-0.25, -0.2) is 0 Å². The minimum Gasteiger partial charge on any atom is -0.322 e. The molecule has 2 N–H and O–H groups in total. The van der Waals surface area contributed by atoms with Crippen molar-refractivity contribution in [2.45, 2.75) is 25.4 Å². The van der Waals surface area contributed by atoms with Crippen LogP contribution < -0.4 is 5.73 Å². The summed E-state index contributed by atoms with van der Waals surface area (Å²) in [7, 11) is 0. The van der Waals surface area contributed by atoms with Crippen LogP contribution in [0, 0.1) is 23.2 Å². The molecule has 0 aromatic heterocycles. The molecule has 0 aromatic rings. The lowest BCUT2D eigenvalue weighted by molar-refractivity contribution is -0.130. The summed E-state index contributed by atoms with van der Waals surface area (Å²) in [5.41, 5.74) is 5.29. The van der Waals surface area contributed by atoms with E-state index in [1.165, 1.54) is 0 Å². The minimum absolute atomic E-state index is 0.0219. The normalized spacial score (nSPS) is 41.2. The first-order chi connectivity index (χ1) is 6.20. The van der Waals surface area contributed by atoms with Gasteiger partial charge in [0.15, 0.2) is 0 Å². The molecule has 1 aliphatic heterocycles. The maximum atomic E-state index is 11.4. The van der Waals surface area contributed by atoms with E-state index < -0.39 is 0 Å². The van der Waals surface area contributed by atoms with Crippen molar-refractivity contribution in [3.63, 3.8) is 0 Å². The Morgan fingerprint density at radius 3 is 3.00 bits per heavy atom. The fourth-order valence-electron chi connectivity index (χ4n) is 2.48. The van der Waals surface area contributed by atoms with Crippen LogP contribution in [0.15, 0.2) is 0 Å². The molecule has 4 atom stereocenters. The summed E-state index contributed by atoms with van der Waals surface area (Å²) in [6.07, 6.45) is 0.841. The summed E-state index contributed by atoms with van der Waals surface area (Å²) in [4.78, 5) is 13.1. The van der Waals surface area contributed by atoms with Gasteiger partial charge in [-0.3, -0.25) is 4.79 Å². The molecule has 4 heteroatoms. The summed E-state index contributed by atoms with van der Waals surface area (Å²) in [5, 5.41) is 8.82. The van der Waals surface area contributed by atoms with Crippen LogP contribution in [-0.2, 0) is 4.79 Å². The second kappa shape index (κ2) is 2.71. The summed E-state index contributed by atoms with van der Waals surface area (Å²) in [6, 6.07) is 2.25. The number of hydrogen-bond acceptors (Lipinski definition) is 3. The van der Waals surface area contributed by atoms with Crippen molar-refractivity contribution in [1.82, 2.24) is 4.90 Å². The Kier molecular flexibility index (Phi) is 1.77. The van der Waals surface area contributed by atoms with Crippen molar-refractivity contribution < 1.29 is 4.79 Å². The Labute approximate surface area is 77.3 Å². The highest BCUT2D eigenvalue weighted by molar-refractivity contribution is 5.80. The summed E-state index contributed by atoms with van der Waals surface area (Å²) >= 11 is 0. The van der Waals surface area contributed by atoms with Crippen LogP contribution in [-0.4, -0.2) is 29.4 Å². The van der Waals surface area contributed by atoms with Crippen LogP contribution >= 0.6 is 0 Å². The van der Waals surface area contributed by atoms with E-state index in [1.807, 2.05) is 0 Å². The predicted molar refractivity (Wildman–Crippen MR) is 46.4 cm³/mol. The molecule has 2 rings (SSSR count). The van der Waals surface area contributed by atoms with Crippen LogP contribution in [0.5, 0.6) is 0 Å². The quantitative estimate of drug-likeness (QED) is 0.601. The second-order valence-corrected chi connectivity index (χ2v) is 3.90. The topological polar surface area (TPSA) is 70.1 Å². The number of nitrogens with zero attached hydrogens (tertiary/aromatic N) is 2. The van der Waals surface area contributed by atoms with Gasteiger partial charge in [-0.2, -0.15) is 5.26 Å². The van der Waals surface area contributed by atoms with Gasteiger partial charge in [-0.1, -0.05) is 6.92 Å². The highest BCUT2D eigenvalue weighted by Crippen LogP contribution is 2.52. The van der Waals surface area contributed by atoms with Gasteiger partial charge in [0.05, 0.1) is 12.6 Å². The molecule has 1 saturated carbocycles. The smallest absolute Gasteiger partial charge is 0.237 e. The number of likely N-dealkylation sites (tertiary alicyclic amines) is 1. The van der Waals surface area contributed by atoms with Crippen LogP contribution in [0.3, 0.4) is 0 Å². The molecule has 1 saturated heterocycles. The highest BCUT2D eigenvalue weighted by atomic mass is 16.2. The Morgan fingerprint density at radius 1 is 1.77 bits per heavy atom. The van der Waals surface area contributed by atoms with E-state index in [1.54, 1.807) is 4.90 Å². The molecular formula is C9H13N3O. The van der Waals surface area contributed by atoms with Crippen LogP contribution in [0.4, 0.5) is 0 Å². The van der Waals surface area contributed by atoms with Gasteiger partial charge in [0.2, 0.25) is 5.91 Å². The lowest BCUT2D eigenvalue weighted by Crippen LogP contribution is -2.42. The van der Waals surface area contributed by atoms with E-state index >= 15 is 0 Å². The molecule has 1 heterocycles. The molecule has 2 aliphatic rings. The Balaban J connectivity index is 2.14. The minimum atomic E-state index is -0.220. The molecule has 70 valence electrons. The third kappa shape index (κ3) is 1.04. The zero-order valence-electron chi connectivity index (χ0n) is 7.60. The first-order valence-electron chi connectivity index (χ1n) is 4.61. The van der Waals surface area contributed by atoms with E-state index in [9.17, 15) is 4.79 Å². The van der Waals surface area contributed by atoms with E-state index in [0.29, 0.717) is 17.9 Å². The number of nitriles is 1. The van der Waals surface area contributed by atoms with Gasteiger partial charge in [0.25, 0.3) is 0 Å². The van der Waals surface area contributed by atoms with E-state index in [0.717, 1.165) is 6.42 Å². The number of carbonyl (C=O) groups is 1. The number of nitrogens with two attached hydrogens (primary N) is 1. The largest absolute Gasteiger partial charge is 0.322 e. The fourth-order valence-corrected chi connectivity index (χ4v) is 2.48. The van der Waals surface area contributed by atoms with Crippen molar-refractivity contribution in [2.75, 3.05) is 6.54 Å². The molecule has 0 bridgehead atoms. The van der Waals surface area contributed by atoms with Gasteiger partial charge in [-0.15, -0.1) is 0 Å². The lowest BCUT2D eigenvalue weighted by atomic mass is 10.1. The van der Waals surface area contributed by atoms with Crippen molar-refractivity contribution >= 4 is 5.91 Å². The molecule has 2 fully saturated rings.